The first-order valence-corrected chi connectivity index (χ1v) is 11.4. The molecule has 3 aliphatic rings. The number of carbonyl (C=O) groups excluding carboxylic acids is 1. The maximum atomic E-state index is 13.8. The predicted molar refractivity (Wildman–Crippen MR) is 110 cm³/mol. The Labute approximate surface area is 176 Å². The molecule has 156 valence electrons. The van der Waals surface area contributed by atoms with E-state index >= 15 is 0 Å². The Kier molecular flexibility index (Phi) is 4.23. The lowest BCUT2D eigenvalue weighted by Crippen LogP contribution is -2.49. The second-order valence-corrected chi connectivity index (χ2v) is 10.1. The van der Waals surface area contributed by atoms with Gasteiger partial charge in [0.1, 0.15) is 11.0 Å². The van der Waals surface area contributed by atoms with Gasteiger partial charge in [-0.1, -0.05) is 60.2 Å². The van der Waals surface area contributed by atoms with E-state index in [0.29, 0.717) is 6.42 Å². The lowest BCUT2D eigenvalue weighted by Gasteiger charge is -2.38. The summed E-state index contributed by atoms with van der Waals surface area (Å²) in [5.74, 6) is -0.440. The second kappa shape index (κ2) is 6.51. The van der Waals surface area contributed by atoms with E-state index < -0.39 is 33.1 Å². The van der Waals surface area contributed by atoms with Crippen molar-refractivity contribution in [2.75, 3.05) is 13.7 Å². The number of carbonyl (C=O) groups is 1. The SMILES string of the molecule is COC(=O)C12CC3C=CC1(CN(S(=O)(=O)c1ccc(C)cc1)C2c1ccccc1)O3. The van der Waals surface area contributed by atoms with Gasteiger partial charge in [0.25, 0.3) is 0 Å². The first-order chi connectivity index (χ1) is 14.3. The highest BCUT2D eigenvalue weighted by molar-refractivity contribution is 7.89. The molecule has 4 atom stereocenters. The van der Waals surface area contributed by atoms with Gasteiger partial charge >= 0.3 is 5.97 Å². The van der Waals surface area contributed by atoms with Crippen molar-refractivity contribution in [3.8, 4) is 0 Å². The third-order valence-corrected chi connectivity index (χ3v) is 8.48. The number of benzene rings is 2. The quantitative estimate of drug-likeness (QED) is 0.556. The number of esters is 1. The minimum absolute atomic E-state index is 0.0604. The number of hydrogen-bond donors (Lipinski definition) is 0. The molecule has 0 N–H and O–H groups in total. The average molecular weight is 426 g/mol. The van der Waals surface area contributed by atoms with Crippen molar-refractivity contribution < 1.29 is 22.7 Å². The molecule has 2 fully saturated rings. The molecule has 3 heterocycles. The predicted octanol–water partition coefficient (Wildman–Crippen LogP) is 3.00. The highest BCUT2D eigenvalue weighted by Crippen LogP contribution is 2.65. The fourth-order valence-electron chi connectivity index (χ4n) is 5.31. The molecule has 5 rings (SSSR count). The minimum Gasteiger partial charge on any atom is -0.468 e. The summed E-state index contributed by atoms with van der Waals surface area (Å²) in [6.07, 6.45) is 3.94. The van der Waals surface area contributed by atoms with Gasteiger partial charge in [-0.3, -0.25) is 4.79 Å². The van der Waals surface area contributed by atoms with Crippen LogP contribution in [-0.4, -0.2) is 44.1 Å². The molecule has 1 spiro atoms. The van der Waals surface area contributed by atoms with Gasteiger partial charge in [0, 0.05) is 6.54 Å². The van der Waals surface area contributed by atoms with E-state index in [0.717, 1.165) is 11.1 Å². The van der Waals surface area contributed by atoms with Gasteiger partial charge < -0.3 is 9.47 Å². The smallest absolute Gasteiger partial charge is 0.317 e. The Hall–Kier alpha value is -2.48. The number of rotatable bonds is 4. The van der Waals surface area contributed by atoms with Crippen LogP contribution in [-0.2, 0) is 24.3 Å². The molecule has 0 saturated carbocycles. The molecule has 2 aromatic carbocycles. The maximum absolute atomic E-state index is 13.8. The van der Waals surface area contributed by atoms with Crippen molar-refractivity contribution in [2.24, 2.45) is 5.41 Å². The summed E-state index contributed by atoms with van der Waals surface area (Å²) >= 11 is 0. The van der Waals surface area contributed by atoms with Crippen molar-refractivity contribution in [1.82, 2.24) is 4.31 Å². The summed E-state index contributed by atoms with van der Waals surface area (Å²) in [5, 5.41) is 0. The molecule has 30 heavy (non-hydrogen) atoms. The van der Waals surface area contributed by atoms with E-state index in [1.807, 2.05) is 49.4 Å². The van der Waals surface area contributed by atoms with Crippen LogP contribution < -0.4 is 0 Å². The number of nitrogens with zero attached hydrogens (tertiary/aromatic N) is 1. The first kappa shape index (κ1) is 19.5. The van der Waals surface area contributed by atoms with Gasteiger partial charge in [0.05, 0.1) is 24.2 Å². The summed E-state index contributed by atoms with van der Waals surface area (Å²) in [5.41, 5.74) is -0.454. The van der Waals surface area contributed by atoms with Crippen LogP contribution in [0, 0.1) is 12.3 Å². The molecule has 0 aromatic heterocycles. The monoisotopic (exact) mass is 425 g/mol. The minimum atomic E-state index is -3.89. The highest BCUT2D eigenvalue weighted by atomic mass is 32.2. The number of hydrogen-bond acceptors (Lipinski definition) is 5. The van der Waals surface area contributed by atoms with E-state index in [1.54, 1.807) is 24.3 Å². The van der Waals surface area contributed by atoms with Crippen LogP contribution in [0.15, 0.2) is 71.6 Å². The standard InChI is InChI=1S/C23H23NO5S/c1-16-8-10-19(11-9-16)30(26,27)24-15-22-13-12-18(29-22)14-23(22,21(25)28-2)20(24)17-6-4-3-5-7-17/h3-13,18,20H,14-15H2,1-2H3. The Morgan fingerprint density at radius 3 is 2.47 bits per heavy atom. The van der Waals surface area contributed by atoms with E-state index in [1.165, 1.54) is 11.4 Å². The van der Waals surface area contributed by atoms with Gasteiger partial charge in [-0.2, -0.15) is 4.31 Å². The fourth-order valence-corrected chi connectivity index (χ4v) is 7.00. The van der Waals surface area contributed by atoms with Crippen molar-refractivity contribution in [3.05, 3.63) is 77.9 Å². The third kappa shape index (κ3) is 2.43. The lowest BCUT2D eigenvalue weighted by molar-refractivity contribution is -0.159. The van der Waals surface area contributed by atoms with Crippen LogP contribution in [0.25, 0.3) is 0 Å². The van der Waals surface area contributed by atoms with Gasteiger partial charge in [0.2, 0.25) is 10.0 Å². The molecule has 2 aromatic rings. The summed E-state index contributed by atoms with van der Waals surface area (Å²) in [7, 11) is -2.55. The van der Waals surface area contributed by atoms with E-state index in [4.69, 9.17) is 9.47 Å². The van der Waals surface area contributed by atoms with Crippen molar-refractivity contribution >= 4 is 16.0 Å². The summed E-state index contributed by atoms with van der Waals surface area (Å²) in [4.78, 5) is 13.5. The van der Waals surface area contributed by atoms with Gasteiger partial charge in [-0.15, -0.1) is 0 Å². The Bertz CT molecular complexity index is 1130. The highest BCUT2D eigenvalue weighted by Gasteiger charge is 2.76. The number of ether oxygens (including phenoxy) is 2. The molecule has 7 heteroatoms. The van der Waals surface area contributed by atoms with Crippen molar-refractivity contribution in [3.63, 3.8) is 0 Å². The van der Waals surface area contributed by atoms with Crippen molar-refractivity contribution in [1.29, 1.82) is 0 Å². The molecular formula is C23H23NO5S. The second-order valence-electron chi connectivity index (χ2n) is 8.25. The maximum Gasteiger partial charge on any atom is 0.317 e. The largest absolute Gasteiger partial charge is 0.468 e. The zero-order valence-electron chi connectivity index (χ0n) is 16.8. The molecule has 6 nitrogen and oxygen atoms in total. The molecule has 0 amide bonds. The summed E-state index contributed by atoms with van der Waals surface area (Å²) in [6.45, 7) is 1.97. The summed E-state index contributed by atoms with van der Waals surface area (Å²) < 4.78 is 40.5. The van der Waals surface area contributed by atoms with Crippen molar-refractivity contribution in [2.45, 2.75) is 36.0 Å². The Morgan fingerprint density at radius 2 is 1.83 bits per heavy atom. The molecule has 0 radical (unpaired) electrons. The van der Waals surface area contributed by atoms with E-state index in [9.17, 15) is 13.2 Å². The normalized spacial score (nSPS) is 32.3. The zero-order chi connectivity index (χ0) is 21.1. The molecule has 2 bridgehead atoms. The van der Waals surface area contributed by atoms with Gasteiger partial charge in [-0.25, -0.2) is 8.42 Å². The topological polar surface area (TPSA) is 72.9 Å². The molecule has 3 aliphatic heterocycles. The number of fused-ring (bicyclic) bond motifs is 1. The van der Waals surface area contributed by atoms with Crippen LogP contribution in [0.2, 0.25) is 0 Å². The number of sulfonamides is 1. The molecule has 4 unspecified atom stereocenters. The van der Waals surface area contributed by atoms with Gasteiger partial charge in [0.15, 0.2) is 0 Å². The molecule has 2 saturated heterocycles. The number of aryl methyl sites for hydroxylation is 1. The van der Waals surface area contributed by atoms with E-state index in [-0.39, 0.29) is 17.5 Å². The zero-order valence-corrected chi connectivity index (χ0v) is 17.6. The van der Waals surface area contributed by atoms with E-state index in [2.05, 4.69) is 0 Å². The van der Waals surface area contributed by atoms with Gasteiger partial charge in [-0.05, 0) is 31.0 Å². The molecule has 0 aliphatic carbocycles. The van der Waals surface area contributed by atoms with Crippen LogP contribution in [0.3, 0.4) is 0 Å². The Morgan fingerprint density at radius 1 is 1.13 bits per heavy atom. The lowest BCUT2D eigenvalue weighted by atomic mass is 9.65. The van der Waals surface area contributed by atoms with Crippen LogP contribution in [0.4, 0.5) is 0 Å². The molecular weight excluding hydrogens is 402 g/mol. The average Bonchev–Trinajstić information content (AvgIpc) is 3.39. The summed E-state index contributed by atoms with van der Waals surface area (Å²) in [6, 6.07) is 15.3. The Balaban J connectivity index is 1.73. The fraction of sp³-hybridized carbons (Fsp3) is 0.348. The third-order valence-electron chi connectivity index (χ3n) is 6.66. The van der Waals surface area contributed by atoms with Crippen LogP contribution >= 0.6 is 0 Å². The first-order valence-electron chi connectivity index (χ1n) is 9.93. The number of methoxy groups -OCH3 is 1. The van der Waals surface area contributed by atoms with Crippen LogP contribution in [0.1, 0.15) is 23.6 Å². The van der Waals surface area contributed by atoms with Crippen LogP contribution in [0.5, 0.6) is 0 Å².